The lowest BCUT2D eigenvalue weighted by Gasteiger charge is -2.36. The molecule has 9 heteroatoms. The molecule has 2 atom stereocenters. The number of amides is 1. The molecule has 32 heavy (non-hydrogen) atoms. The summed E-state index contributed by atoms with van der Waals surface area (Å²) in [4.78, 5) is 35.7. The molecule has 2 aromatic heterocycles. The normalized spacial score (nSPS) is 23.1. The lowest BCUT2D eigenvalue weighted by atomic mass is 10.1. The first-order valence-electron chi connectivity index (χ1n) is 11.0. The predicted molar refractivity (Wildman–Crippen MR) is 133 cm³/mol. The summed E-state index contributed by atoms with van der Waals surface area (Å²) in [5.41, 5.74) is 1.74. The number of thioether (sulfide) groups is 1. The van der Waals surface area contributed by atoms with Gasteiger partial charge in [-0.15, -0.1) is 0 Å². The number of fused-ring (bicyclic) bond motifs is 1. The summed E-state index contributed by atoms with van der Waals surface area (Å²) < 4.78 is 7.97. The van der Waals surface area contributed by atoms with Crippen LogP contribution in [0.15, 0.2) is 28.0 Å². The van der Waals surface area contributed by atoms with Gasteiger partial charge in [0.15, 0.2) is 0 Å². The number of hydrogen-bond acceptors (Lipinski definition) is 7. The van der Waals surface area contributed by atoms with E-state index in [0.717, 1.165) is 18.4 Å². The van der Waals surface area contributed by atoms with Crippen molar-refractivity contribution in [3.8, 4) is 0 Å². The van der Waals surface area contributed by atoms with Gasteiger partial charge in [0.2, 0.25) is 0 Å². The van der Waals surface area contributed by atoms with Crippen LogP contribution in [0.25, 0.3) is 11.7 Å². The second-order valence-corrected chi connectivity index (χ2v) is 10.1. The van der Waals surface area contributed by atoms with Crippen molar-refractivity contribution < 1.29 is 9.53 Å². The number of pyridine rings is 1. The maximum Gasteiger partial charge on any atom is 0.267 e. The van der Waals surface area contributed by atoms with E-state index in [1.54, 1.807) is 21.6 Å². The molecular weight excluding hydrogens is 444 g/mol. The lowest BCUT2D eigenvalue weighted by molar-refractivity contribution is -0.122. The largest absolute Gasteiger partial charge is 0.372 e. The van der Waals surface area contributed by atoms with Crippen molar-refractivity contribution in [2.75, 3.05) is 24.5 Å². The number of aryl methyl sites for hydroxylation is 1. The Morgan fingerprint density at radius 1 is 1.28 bits per heavy atom. The first-order chi connectivity index (χ1) is 15.3. The summed E-state index contributed by atoms with van der Waals surface area (Å²) >= 11 is 6.69. The Balaban J connectivity index is 1.85. The fraction of sp³-hybridized carbons (Fsp3) is 0.478. The smallest absolute Gasteiger partial charge is 0.267 e. The number of ether oxygens (including phenoxy) is 1. The number of rotatable bonds is 5. The van der Waals surface area contributed by atoms with Gasteiger partial charge in [-0.05, 0) is 44.9 Å². The molecule has 0 aliphatic carbocycles. The molecule has 0 radical (unpaired) electrons. The Hall–Kier alpha value is -2.23. The summed E-state index contributed by atoms with van der Waals surface area (Å²) in [5.74, 6) is 0.446. The van der Waals surface area contributed by atoms with Crippen molar-refractivity contribution in [1.82, 2.24) is 14.3 Å². The summed E-state index contributed by atoms with van der Waals surface area (Å²) in [7, 11) is 0. The van der Waals surface area contributed by atoms with E-state index < -0.39 is 0 Å². The number of unbranched alkanes of at least 4 members (excludes halogenated alkanes) is 1. The van der Waals surface area contributed by atoms with Crippen LogP contribution < -0.4 is 10.5 Å². The van der Waals surface area contributed by atoms with E-state index in [-0.39, 0.29) is 23.7 Å². The summed E-state index contributed by atoms with van der Waals surface area (Å²) in [6.07, 6.45) is 5.27. The minimum Gasteiger partial charge on any atom is -0.372 e. The minimum atomic E-state index is -0.195. The fourth-order valence-corrected chi connectivity index (χ4v) is 5.45. The molecule has 0 unspecified atom stereocenters. The van der Waals surface area contributed by atoms with Crippen molar-refractivity contribution >= 4 is 51.7 Å². The summed E-state index contributed by atoms with van der Waals surface area (Å²) in [5, 5.41) is 0. The van der Waals surface area contributed by atoms with Crippen molar-refractivity contribution in [3.05, 3.63) is 44.7 Å². The molecule has 0 N–H and O–H groups in total. The van der Waals surface area contributed by atoms with E-state index in [1.807, 2.05) is 32.9 Å². The van der Waals surface area contributed by atoms with Crippen LogP contribution in [0.5, 0.6) is 0 Å². The van der Waals surface area contributed by atoms with E-state index in [9.17, 15) is 9.59 Å². The number of hydrogen-bond donors (Lipinski definition) is 0. The molecule has 2 saturated heterocycles. The van der Waals surface area contributed by atoms with Crippen LogP contribution in [0, 0.1) is 6.92 Å². The van der Waals surface area contributed by atoms with E-state index in [1.165, 1.54) is 11.8 Å². The summed E-state index contributed by atoms with van der Waals surface area (Å²) in [6.45, 7) is 9.88. The molecule has 2 aromatic rings. The van der Waals surface area contributed by atoms with Crippen LogP contribution in [0.3, 0.4) is 0 Å². The molecule has 4 heterocycles. The molecule has 0 saturated carbocycles. The standard InChI is InChI=1S/C23H28N4O3S2/c1-5-6-9-27-22(29)18(32-23(27)31)11-17-20(25-12-15(3)30-16(4)13-25)24-19-14(2)8-7-10-26(19)21(17)28/h7-8,10-11,15-16H,5-6,9,12-13H2,1-4H3/b18-11-/t15-,16-/m0/s1. The molecule has 1 amide bonds. The number of aromatic nitrogens is 2. The third kappa shape index (κ3) is 4.33. The van der Waals surface area contributed by atoms with E-state index >= 15 is 0 Å². The molecule has 4 rings (SSSR count). The highest BCUT2D eigenvalue weighted by molar-refractivity contribution is 8.26. The lowest BCUT2D eigenvalue weighted by Crippen LogP contribution is -2.46. The highest BCUT2D eigenvalue weighted by atomic mass is 32.2. The Morgan fingerprint density at radius 3 is 2.69 bits per heavy atom. The van der Waals surface area contributed by atoms with Crippen LogP contribution >= 0.6 is 24.0 Å². The Kier molecular flexibility index (Phi) is 6.69. The predicted octanol–water partition coefficient (Wildman–Crippen LogP) is 3.62. The van der Waals surface area contributed by atoms with Crippen LogP contribution in [-0.4, -0.2) is 56.4 Å². The SMILES string of the molecule is CCCCN1C(=O)/C(=C/c2c(N3C[C@H](C)O[C@@H](C)C3)nc3c(C)cccn3c2=O)SC1=S. The highest BCUT2D eigenvalue weighted by Crippen LogP contribution is 2.34. The van der Waals surface area contributed by atoms with Gasteiger partial charge in [0.05, 0.1) is 22.7 Å². The van der Waals surface area contributed by atoms with Crippen molar-refractivity contribution in [3.63, 3.8) is 0 Å². The van der Waals surface area contributed by atoms with Gasteiger partial charge < -0.3 is 9.64 Å². The van der Waals surface area contributed by atoms with Crippen LogP contribution in [-0.2, 0) is 9.53 Å². The first kappa shape index (κ1) is 22.9. The average molecular weight is 473 g/mol. The number of carbonyl (C=O) groups excluding carboxylic acids is 1. The number of nitrogens with zero attached hydrogens (tertiary/aromatic N) is 4. The van der Waals surface area contributed by atoms with Crippen LogP contribution in [0.2, 0.25) is 0 Å². The number of carbonyl (C=O) groups is 1. The third-order valence-corrected chi connectivity index (χ3v) is 7.05. The van der Waals surface area contributed by atoms with Crippen LogP contribution in [0.4, 0.5) is 5.82 Å². The second-order valence-electron chi connectivity index (χ2n) is 8.39. The zero-order valence-corrected chi connectivity index (χ0v) is 20.5. The van der Waals surface area contributed by atoms with Gasteiger partial charge in [0.1, 0.15) is 15.8 Å². The minimum absolute atomic E-state index is 0.0102. The zero-order chi connectivity index (χ0) is 23.0. The van der Waals surface area contributed by atoms with Crippen LogP contribution in [0.1, 0.15) is 44.7 Å². The maximum absolute atomic E-state index is 13.6. The topological polar surface area (TPSA) is 67.2 Å². The molecule has 0 spiro atoms. The fourth-order valence-electron chi connectivity index (χ4n) is 4.16. The van der Waals surface area contributed by atoms with Crippen molar-refractivity contribution in [1.29, 1.82) is 0 Å². The Bertz CT molecular complexity index is 1150. The molecule has 0 bridgehead atoms. The molecule has 2 aliphatic heterocycles. The summed E-state index contributed by atoms with van der Waals surface area (Å²) in [6, 6.07) is 3.77. The number of anilines is 1. The quantitative estimate of drug-likeness (QED) is 0.486. The third-order valence-electron chi connectivity index (χ3n) is 5.67. The van der Waals surface area contributed by atoms with Gasteiger partial charge in [0, 0.05) is 25.8 Å². The van der Waals surface area contributed by atoms with Gasteiger partial charge >= 0.3 is 0 Å². The Labute approximate surface area is 197 Å². The van der Waals surface area contributed by atoms with Gasteiger partial charge in [-0.3, -0.25) is 18.9 Å². The van der Waals surface area contributed by atoms with Gasteiger partial charge in [-0.2, -0.15) is 0 Å². The van der Waals surface area contributed by atoms with Gasteiger partial charge in [0.25, 0.3) is 11.5 Å². The molecule has 7 nitrogen and oxygen atoms in total. The second kappa shape index (κ2) is 9.33. The molecule has 2 aliphatic rings. The van der Waals surface area contributed by atoms with Crippen molar-refractivity contribution in [2.45, 2.75) is 52.7 Å². The first-order valence-corrected chi connectivity index (χ1v) is 12.2. The molecule has 170 valence electrons. The van der Waals surface area contributed by atoms with E-state index in [2.05, 4.69) is 11.8 Å². The van der Waals surface area contributed by atoms with Gasteiger partial charge in [-0.25, -0.2) is 4.98 Å². The maximum atomic E-state index is 13.6. The van der Waals surface area contributed by atoms with Crippen molar-refractivity contribution in [2.24, 2.45) is 0 Å². The van der Waals surface area contributed by atoms with E-state index in [4.69, 9.17) is 21.9 Å². The molecule has 0 aromatic carbocycles. The highest BCUT2D eigenvalue weighted by Gasteiger charge is 2.33. The average Bonchev–Trinajstić information content (AvgIpc) is 3.00. The van der Waals surface area contributed by atoms with E-state index in [0.29, 0.717) is 45.9 Å². The number of thiocarbonyl (C=S) groups is 1. The van der Waals surface area contributed by atoms with Gasteiger partial charge in [-0.1, -0.05) is 43.4 Å². The molecule has 2 fully saturated rings. The number of morpholine rings is 1. The molecular formula is C23H28N4O3S2. The zero-order valence-electron chi connectivity index (χ0n) is 18.8. The monoisotopic (exact) mass is 472 g/mol. The Morgan fingerprint density at radius 2 is 2.00 bits per heavy atom.